The van der Waals surface area contributed by atoms with Gasteiger partial charge in [0.2, 0.25) is 0 Å². The standard InChI is InChI=1S/C25H30N2O7/c1-33-16-9-7-14(8-10-16)17-11-19(15-5-3-2-4-6-15)27(24(32)18(17)12-26)25-23(31)22(30)21(29)20(13-28)34-25/h7-11,15,20-23,25,28-31H,2-6,13H2,1H3/t20-,21-,22+,23-,25-/m1/s1. The average molecular weight is 471 g/mol. The smallest absolute Gasteiger partial charge is 0.271 e. The fourth-order valence-corrected chi connectivity index (χ4v) is 5.02. The Morgan fingerprint density at radius 3 is 2.35 bits per heavy atom. The number of aliphatic hydroxyl groups excluding tert-OH is 4. The SMILES string of the molecule is COc1ccc(-c2cc(C3CCCCC3)n([C@@H]3O[C@H](CO)[C@@H](O)[C@H](O)[C@H]3O)c(=O)c2C#N)cc1. The minimum Gasteiger partial charge on any atom is -0.497 e. The van der Waals surface area contributed by atoms with Crippen molar-refractivity contribution in [3.8, 4) is 22.9 Å². The summed E-state index contributed by atoms with van der Waals surface area (Å²) in [6.07, 6.45) is -2.64. The van der Waals surface area contributed by atoms with Crippen LogP contribution < -0.4 is 10.3 Å². The van der Waals surface area contributed by atoms with E-state index in [1.165, 1.54) is 4.57 Å². The molecule has 9 heteroatoms. The highest BCUT2D eigenvalue weighted by atomic mass is 16.6. The number of benzene rings is 1. The number of methoxy groups -OCH3 is 1. The number of nitrogens with zero attached hydrogens (tertiary/aromatic N) is 2. The van der Waals surface area contributed by atoms with Crippen LogP contribution in [0.4, 0.5) is 0 Å². The van der Waals surface area contributed by atoms with E-state index in [1.807, 2.05) is 6.07 Å². The minimum atomic E-state index is -1.63. The molecule has 0 amide bonds. The summed E-state index contributed by atoms with van der Waals surface area (Å²) in [5.41, 5.74) is 0.963. The molecule has 1 saturated carbocycles. The number of ether oxygens (including phenoxy) is 2. The quantitative estimate of drug-likeness (QED) is 0.513. The third-order valence-electron chi connectivity index (χ3n) is 6.93. The van der Waals surface area contributed by atoms with E-state index in [9.17, 15) is 30.5 Å². The fourth-order valence-electron chi connectivity index (χ4n) is 5.02. The number of hydrogen-bond donors (Lipinski definition) is 4. The monoisotopic (exact) mass is 470 g/mol. The molecule has 1 aliphatic heterocycles. The summed E-state index contributed by atoms with van der Waals surface area (Å²) < 4.78 is 12.2. The van der Waals surface area contributed by atoms with Gasteiger partial charge in [0.25, 0.3) is 5.56 Å². The predicted octanol–water partition coefficient (Wildman–Crippen LogP) is 1.42. The van der Waals surface area contributed by atoms with E-state index in [2.05, 4.69) is 0 Å². The van der Waals surface area contributed by atoms with E-state index < -0.39 is 42.8 Å². The van der Waals surface area contributed by atoms with Gasteiger partial charge in [-0.3, -0.25) is 9.36 Å². The summed E-state index contributed by atoms with van der Waals surface area (Å²) in [7, 11) is 1.55. The Hall–Kier alpha value is -2.74. The lowest BCUT2D eigenvalue weighted by Crippen LogP contribution is -2.58. The van der Waals surface area contributed by atoms with Crippen LogP contribution in [-0.4, -0.2) is 63.1 Å². The summed E-state index contributed by atoms with van der Waals surface area (Å²) in [5.74, 6) is 0.628. The lowest BCUT2D eigenvalue weighted by atomic mass is 9.84. The summed E-state index contributed by atoms with van der Waals surface area (Å²) in [4.78, 5) is 13.7. The number of pyridine rings is 1. The minimum absolute atomic E-state index is 0.0152. The van der Waals surface area contributed by atoms with Gasteiger partial charge >= 0.3 is 0 Å². The molecule has 34 heavy (non-hydrogen) atoms. The molecule has 2 heterocycles. The summed E-state index contributed by atoms with van der Waals surface area (Å²) in [6.45, 7) is -0.607. The molecule has 1 aromatic carbocycles. The van der Waals surface area contributed by atoms with Gasteiger partial charge < -0.3 is 29.9 Å². The molecule has 1 aliphatic carbocycles. The van der Waals surface area contributed by atoms with Crippen molar-refractivity contribution in [3.63, 3.8) is 0 Å². The molecule has 2 aliphatic rings. The third kappa shape index (κ3) is 4.35. The Morgan fingerprint density at radius 1 is 1.09 bits per heavy atom. The summed E-state index contributed by atoms with van der Waals surface area (Å²) >= 11 is 0. The number of hydrogen-bond acceptors (Lipinski definition) is 8. The molecule has 1 aromatic heterocycles. The molecule has 182 valence electrons. The first-order valence-electron chi connectivity index (χ1n) is 11.6. The zero-order valence-corrected chi connectivity index (χ0v) is 19.0. The molecule has 2 fully saturated rings. The van der Waals surface area contributed by atoms with Crippen LogP contribution in [0.3, 0.4) is 0 Å². The van der Waals surface area contributed by atoms with Gasteiger partial charge in [0.15, 0.2) is 6.23 Å². The second-order valence-corrected chi connectivity index (χ2v) is 8.93. The molecule has 4 rings (SSSR count). The first-order chi connectivity index (χ1) is 16.4. The van der Waals surface area contributed by atoms with Crippen molar-refractivity contribution in [2.75, 3.05) is 13.7 Å². The number of aliphatic hydroxyl groups is 4. The van der Waals surface area contributed by atoms with Crippen LogP contribution in [0, 0.1) is 11.3 Å². The van der Waals surface area contributed by atoms with Gasteiger partial charge in [-0.15, -0.1) is 0 Å². The highest BCUT2D eigenvalue weighted by Gasteiger charge is 2.45. The lowest BCUT2D eigenvalue weighted by Gasteiger charge is -2.42. The zero-order chi connectivity index (χ0) is 24.4. The van der Waals surface area contributed by atoms with Crippen molar-refractivity contribution in [1.82, 2.24) is 4.57 Å². The van der Waals surface area contributed by atoms with Crippen molar-refractivity contribution in [1.29, 1.82) is 5.26 Å². The Bertz CT molecular complexity index is 1100. The Morgan fingerprint density at radius 2 is 1.76 bits per heavy atom. The largest absolute Gasteiger partial charge is 0.497 e. The molecule has 0 bridgehead atoms. The molecule has 1 saturated heterocycles. The van der Waals surface area contributed by atoms with Crippen LogP contribution in [0.25, 0.3) is 11.1 Å². The number of rotatable bonds is 5. The second-order valence-electron chi connectivity index (χ2n) is 8.93. The lowest BCUT2D eigenvalue weighted by molar-refractivity contribution is -0.252. The third-order valence-corrected chi connectivity index (χ3v) is 6.93. The van der Waals surface area contributed by atoms with Crippen molar-refractivity contribution >= 4 is 0 Å². The van der Waals surface area contributed by atoms with Crippen LogP contribution in [0.15, 0.2) is 35.1 Å². The fraction of sp³-hybridized carbons (Fsp3) is 0.520. The number of aromatic nitrogens is 1. The maximum atomic E-state index is 13.7. The highest BCUT2D eigenvalue weighted by molar-refractivity contribution is 5.71. The van der Waals surface area contributed by atoms with Crippen molar-refractivity contribution < 1.29 is 29.9 Å². The molecule has 9 nitrogen and oxygen atoms in total. The van der Waals surface area contributed by atoms with Crippen LogP contribution in [-0.2, 0) is 4.74 Å². The van der Waals surface area contributed by atoms with Crippen LogP contribution in [0.1, 0.15) is 55.5 Å². The van der Waals surface area contributed by atoms with Crippen molar-refractivity contribution in [2.45, 2.75) is 68.7 Å². The van der Waals surface area contributed by atoms with E-state index in [0.717, 1.165) is 32.1 Å². The van der Waals surface area contributed by atoms with Crippen molar-refractivity contribution in [3.05, 3.63) is 51.9 Å². The van der Waals surface area contributed by atoms with E-state index in [1.54, 1.807) is 37.4 Å². The highest BCUT2D eigenvalue weighted by Crippen LogP contribution is 2.38. The first-order valence-corrected chi connectivity index (χ1v) is 11.6. The second kappa shape index (κ2) is 10.3. The molecule has 2 aromatic rings. The van der Waals surface area contributed by atoms with Gasteiger partial charge in [-0.05, 0) is 42.5 Å². The normalized spacial score (nSPS) is 27.8. The van der Waals surface area contributed by atoms with Gasteiger partial charge in [-0.25, -0.2) is 0 Å². The zero-order valence-electron chi connectivity index (χ0n) is 19.0. The van der Waals surface area contributed by atoms with E-state index in [0.29, 0.717) is 22.6 Å². The molecular formula is C25H30N2O7. The van der Waals surface area contributed by atoms with E-state index in [-0.39, 0.29) is 11.5 Å². The Balaban J connectivity index is 1.91. The molecule has 0 spiro atoms. The molecule has 0 unspecified atom stereocenters. The average Bonchev–Trinajstić information content (AvgIpc) is 2.88. The van der Waals surface area contributed by atoms with Gasteiger partial charge in [-0.2, -0.15) is 5.26 Å². The van der Waals surface area contributed by atoms with Crippen molar-refractivity contribution in [2.24, 2.45) is 0 Å². The predicted molar refractivity (Wildman–Crippen MR) is 122 cm³/mol. The van der Waals surface area contributed by atoms with Crippen LogP contribution in [0.2, 0.25) is 0 Å². The molecular weight excluding hydrogens is 440 g/mol. The van der Waals surface area contributed by atoms with Crippen LogP contribution in [0.5, 0.6) is 5.75 Å². The summed E-state index contributed by atoms with van der Waals surface area (Å²) in [5, 5.41) is 50.9. The van der Waals surface area contributed by atoms with E-state index >= 15 is 0 Å². The van der Waals surface area contributed by atoms with Crippen LogP contribution >= 0.6 is 0 Å². The van der Waals surface area contributed by atoms with Gasteiger partial charge in [-0.1, -0.05) is 31.4 Å². The van der Waals surface area contributed by atoms with Gasteiger partial charge in [0.1, 0.15) is 41.8 Å². The maximum Gasteiger partial charge on any atom is 0.271 e. The van der Waals surface area contributed by atoms with E-state index in [4.69, 9.17) is 9.47 Å². The maximum absolute atomic E-state index is 13.7. The topological polar surface area (TPSA) is 145 Å². The number of nitriles is 1. The molecule has 0 radical (unpaired) electrons. The van der Waals surface area contributed by atoms with Gasteiger partial charge in [0.05, 0.1) is 13.7 Å². The molecule has 4 N–H and O–H groups in total. The molecule has 5 atom stereocenters. The summed E-state index contributed by atoms with van der Waals surface area (Å²) in [6, 6.07) is 10.8. The van der Waals surface area contributed by atoms with Gasteiger partial charge in [0, 0.05) is 11.3 Å². The first kappa shape index (κ1) is 24.4. The Kier molecular flexibility index (Phi) is 7.36. The Labute approximate surface area is 197 Å².